The molecule has 0 saturated heterocycles. The molecule has 3 rings (SSSR count). The molecular weight excluding hydrogens is 202 g/mol. The molecule has 0 N–H and O–H groups in total. The highest BCUT2D eigenvalue weighted by atomic mass is 15.6. The van der Waals surface area contributed by atoms with Gasteiger partial charge in [-0.2, -0.15) is 0 Å². The quantitative estimate of drug-likeness (QED) is 0.704. The van der Waals surface area contributed by atoms with Gasteiger partial charge in [-0.1, -0.05) is 0 Å². The van der Waals surface area contributed by atoms with Crippen LogP contribution in [0.15, 0.2) is 4.99 Å². The zero-order valence-electron chi connectivity index (χ0n) is 9.42. The van der Waals surface area contributed by atoms with E-state index in [2.05, 4.69) is 31.9 Å². The topological polar surface area (TPSA) is 56.0 Å². The summed E-state index contributed by atoms with van der Waals surface area (Å²) in [5.41, 5.74) is 0. The van der Waals surface area contributed by atoms with Crippen LogP contribution in [0.3, 0.4) is 0 Å². The number of nitrogens with zero attached hydrogens (tertiary/aromatic N) is 5. The summed E-state index contributed by atoms with van der Waals surface area (Å²) in [5.74, 6) is 2.55. The summed E-state index contributed by atoms with van der Waals surface area (Å²) in [6.45, 7) is 4.52. The van der Waals surface area contributed by atoms with Crippen molar-refractivity contribution in [1.82, 2.24) is 20.2 Å². The van der Waals surface area contributed by atoms with Gasteiger partial charge in [-0.15, -0.1) is 5.10 Å². The van der Waals surface area contributed by atoms with Gasteiger partial charge in [0, 0.05) is 13.0 Å². The van der Waals surface area contributed by atoms with E-state index < -0.39 is 0 Å². The predicted octanol–water partition coefficient (Wildman–Crippen LogP) is 1.28. The first kappa shape index (κ1) is 9.93. The number of aryl methyl sites for hydroxylation is 1. The van der Waals surface area contributed by atoms with Crippen molar-refractivity contribution in [3.05, 3.63) is 5.82 Å². The molecule has 1 aromatic heterocycles. The van der Waals surface area contributed by atoms with Gasteiger partial charge in [-0.05, 0) is 54.7 Å². The van der Waals surface area contributed by atoms with Gasteiger partial charge >= 0.3 is 0 Å². The van der Waals surface area contributed by atoms with Gasteiger partial charge in [0.05, 0.1) is 6.04 Å². The first-order valence-electron chi connectivity index (χ1n) is 6.07. The van der Waals surface area contributed by atoms with Crippen LogP contribution in [0.25, 0.3) is 0 Å². The predicted molar refractivity (Wildman–Crippen MR) is 60.4 cm³/mol. The molecule has 0 amide bonds. The van der Waals surface area contributed by atoms with Crippen LogP contribution in [0, 0.1) is 11.8 Å². The third-order valence-corrected chi connectivity index (χ3v) is 4.05. The Morgan fingerprint density at radius 2 is 2.31 bits per heavy atom. The number of aliphatic imine (C=N–C) groups is 1. The number of hydrogen-bond donors (Lipinski definition) is 0. The fraction of sp³-hybridized carbons (Fsp3) is 0.818. The lowest BCUT2D eigenvalue weighted by Gasteiger charge is -2.38. The second kappa shape index (κ2) is 3.96. The lowest BCUT2D eigenvalue weighted by atomic mass is 9.74. The molecule has 5 nitrogen and oxygen atoms in total. The van der Waals surface area contributed by atoms with E-state index in [1.807, 2.05) is 0 Å². The van der Waals surface area contributed by atoms with Gasteiger partial charge in [-0.3, -0.25) is 0 Å². The summed E-state index contributed by atoms with van der Waals surface area (Å²) in [7, 11) is 0. The fourth-order valence-electron chi connectivity index (χ4n) is 3.27. The van der Waals surface area contributed by atoms with Crippen molar-refractivity contribution in [3.8, 4) is 0 Å². The SMILES string of the molecule is C=NCC1CCC2C(CCc3nnnn32)C1. The van der Waals surface area contributed by atoms with Crippen LogP contribution in [-0.2, 0) is 6.42 Å². The van der Waals surface area contributed by atoms with Crippen molar-refractivity contribution >= 4 is 6.72 Å². The first-order chi connectivity index (χ1) is 7.88. The molecule has 0 radical (unpaired) electrons. The zero-order chi connectivity index (χ0) is 11.0. The largest absolute Gasteiger partial charge is 0.301 e. The Hall–Kier alpha value is -1.26. The molecular formula is C11H17N5. The Labute approximate surface area is 94.9 Å². The highest BCUT2D eigenvalue weighted by Crippen LogP contribution is 2.42. The second-order valence-corrected chi connectivity index (χ2v) is 4.99. The van der Waals surface area contributed by atoms with Gasteiger partial charge in [0.15, 0.2) is 5.82 Å². The summed E-state index contributed by atoms with van der Waals surface area (Å²) in [6, 6.07) is 0.541. The van der Waals surface area contributed by atoms with Crippen LogP contribution in [0.2, 0.25) is 0 Å². The molecule has 0 spiro atoms. The summed E-state index contributed by atoms with van der Waals surface area (Å²) < 4.78 is 2.06. The molecule has 3 unspecified atom stereocenters. The molecule has 5 heteroatoms. The molecule has 1 aromatic rings. The van der Waals surface area contributed by atoms with Crippen molar-refractivity contribution in [3.63, 3.8) is 0 Å². The molecule has 1 aliphatic carbocycles. The molecule has 0 aromatic carbocycles. The lowest BCUT2D eigenvalue weighted by molar-refractivity contribution is 0.143. The van der Waals surface area contributed by atoms with Crippen LogP contribution in [-0.4, -0.2) is 33.5 Å². The Morgan fingerprint density at radius 1 is 1.38 bits per heavy atom. The molecule has 2 aliphatic rings. The third-order valence-electron chi connectivity index (χ3n) is 4.05. The van der Waals surface area contributed by atoms with Crippen LogP contribution < -0.4 is 0 Å². The fourth-order valence-corrected chi connectivity index (χ4v) is 3.27. The first-order valence-corrected chi connectivity index (χ1v) is 6.07. The normalized spacial score (nSPS) is 32.9. The molecule has 86 valence electrons. The van der Waals surface area contributed by atoms with Crippen molar-refractivity contribution in [2.75, 3.05) is 6.54 Å². The van der Waals surface area contributed by atoms with E-state index in [0.717, 1.165) is 30.6 Å². The second-order valence-electron chi connectivity index (χ2n) is 4.99. The van der Waals surface area contributed by atoms with Crippen LogP contribution in [0.1, 0.15) is 37.5 Å². The van der Waals surface area contributed by atoms with Crippen LogP contribution in [0.4, 0.5) is 0 Å². The molecule has 2 heterocycles. The summed E-state index contributed by atoms with van der Waals surface area (Å²) in [6.07, 6.45) is 5.96. The van der Waals surface area contributed by atoms with Gasteiger partial charge in [0.2, 0.25) is 0 Å². The van der Waals surface area contributed by atoms with Gasteiger partial charge in [0.1, 0.15) is 0 Å². The molecule has 3 atom stereocenters. The van der Waals surface area contributed by atoms with Crippen molar-refractivity contribution in [1.29, 1.82) is 0 Å². The number of tetrazole rings is 1. The van der Waals surface area contributed by atoms with Crippen molar-refractivity contribution in [2.45, 2.75) is 38.1 Å². The summed E-state index contributed by atoms with van der Waals surface area (Å²) in [5, 5.41) is 12.0. The standard InChI is InChI=1S/C11H17N5/c1-12-7-8-2-4-10-9(6-8)3-5-11-13-14-15-16(10)11/h8-10H,1-7H2. The van der Waals surface area contributed by atoms with E-state index in [1.54, 1.807) is 0 Å². The summed E-state index contributed by atoms with van der Waals surface area (Å²) >= 11 is 0. The highest BCUT2D eigenvalue weighted by Gasteiger charge is 2.36. The molecule has 0 bridgehead atoms. The minimum absolute atomic E-state index is 0.541. The average Bonchev–Trinajstić information content (AvgIpc) is 2.77. The van der Waals surface area contributed by atoms with E-state index in [4.69, 9.17) is 0 Å². The maximum Gasteiger partial charge on any atom is 0.151 e. The van der Waals surface area contributed by atoms with E-state index in [-0.39, 0.29) is 0 Å². The van der Waals surface area contributed by atoms with E-state index in [0.29, 0.717) is 6.04 Å². The van der Waals surface area contributed by atoms with E-state index >= 15 is 0 Å². The van der Waals surface area contributed by atoms with Gasteiger partial charge in [-0.25, -0.2) is 4.68 Å². The Balaban J connectivity index is 1.77. The monoisotopic (exact) mass is 219 g/mol. The molecule has 1 fully saturated rings. The Morgan fingerprint density at radius 3 is 3.19 bits per heavy atom. The Bertz CT molecular complexity index is 385. The minimum atomic E-state index is 0.541. The van der Waals surface area contributed by atoms with Crippen molar-refractivity contribution in [2.24, 2.45) is 16.8 Å². The number of rotatable bonds is 2. The molecule has 1 aliphatic heterocycles. The third kappa shape index (κ3) is 1.54. The zero-order valence-corrected chi connectivity index (χ0v) is 9.42. The minimum Gasteiger partial charge on any atom is -0.301 e. The highest BCUT2D eigenvalue weighted by molar-refractivity contribution is 5.23. The number of aromatic nitrogens is 4. The maximum absolute atomic E-state index is 4.13. The molecule has 16 heavy (non-hydrogen) atoms. The van der Waals surface area contributed by atoms with Gasteiger partial charge < -0.3 is 4.99 Å². The van der Waals surface area contributed by atoms with Crippen molar-refractivity contribution < 1.29 is 0 Å². The van der Waals surface area contributed by atoms with Crippen LogP contribution in [0.5, 0.6) is 0 Å². The molecule has 1 saturated carbocycles. The maximum atomic E-state index is 4.13. The number of hydrogen-bond acceptors (Lipinski definition) is 4. The lowest BCUT2D eigenvalue weighted by Crippen LogP contribution is -2.34. The van der Waals surface area contributed by atoms with E-state index in [9.17, 15) is 0 Å². The number of fused-ring (bicyclic) bond motifs is 3. The average molecular weight is 219 g/mol. The van der Waals surface area contributed by atoms with Crippen LogP contribution >= 0.6 is 0 Å². The van der Waals surface area contributed by atoms with E-state index in [1.165, 1.54) is 25.7 Å². The Kier molecular flexibility index (Phi) is 2.46. The summed E-state index contributed by atoms with van der Waals surface area (Å²) in [4.78, 5) is 4.03. The smallest absolute Gasteiger partial charge is 0.151 e. The van der Waals surface area contributed by atoms with Gasteiger partial charge in [0.25, 0.3) is 0 Å².